The normalized spacial score (nSPS) is 13.6. The SMILES string of the molecule is CC(Oc1ccc(C([O-])c2ccc(OCOC(=O)C(C)(C)C)cc2)cc1)N(C)C.c1ccc2c3c(sc2c1)C3. The van der Waals surface area contributed by atoms with Crippen LogP contribution in [0, 0.1) is 5.41 Å². The van der Waals surface area contributed by atoms with Gasteiger partial charge in [0.2, 0.25) is 6.79 Å². The Labute approximate surface area is 234 Å². The van der Waals surface area contributed by atoms with Gasteiger partial charge in [-0.05, 0) is 83.1 Å². The van der Waals surface area contributed by atoms with E-state index in [1.54, 1.807) is 79.7 Å². The molecule has 0 saturated carbocycles. The van der Waals surface area contributed by atoms with Gasteiger partial charge in [-0.15, -0.1) is 11.3 Å². The van der Waals surface area contributed by atoms with Crippen molar-refractivity contribution < 1.29 is 24.1 Å². The van der Waals surface area contributed by atoms with Crippen molar-refractivity contribution in [2.45, 2.75) is 46.4 Å². The molecule has 206 valence electrons. The Morgan fingerprint density at radius 3 is 2.10 bits per heavy atom. The fraction of sp³-hybridized carbons (Fsp3) is 0.344. The molecule has 3 aromatic carbocycles. The number of esters is 1. The third-order valence-electron chi connectivity index (χ3n) is 6.42. The van der Waals surface area contributed by atoms with E-state index in [0.717, 1.165) is 5.75 Å². The van der Waals surface area contributed by atoms with E-state index in [-0.39, 0.29) is 19.0 Å². The molecule has 1 aromatic heterocycles. The van der Waals surface area contributed by atoms with Crippen molar-refractivity contribution in [3.63, 3.8) is 0 Å². The van der Waals surface area contributed by atoms with Gasteiger partial charge in [0.25, 0.3) is 0 Å². The molecule has 0 amide bonds. The maximum absolute atomic E-state index is 12.7. The number of carbonyl (C=O) groups excluding carboxylic acids is 1. The average Bonchev–Trinajstić information content (AvgIpc) is 3.59. The van der Waals surface area contributed by atoms with Gasteiger partial charge in [0, 0.05) is 16.0 Å². The molecule has 2 unspecified atom stereocenters. The summed E-state index contributed by atoms with van der Waals surface area (Å²) in [4.78, 5) is 15.3. The summed E-state index contributed by atoms with van der Waals surface area (Å²) in [5, 5.41) is 14.2. The number of thiophene rings is 1. The van der Waals surface area contributed by atoms with Gasteiger partial charge in [0.15, 0.2) is 0 Å². The first-order valence-electron chi connectivity index (χ1n) is 13.0. The predicted molar refractivity (Wildman–Crippen MR) is 154 cm³/mol. The van der Waals surface area contributed by atoms with Crippen molar-refractivity contribution in [2.75, 3.05) is 20.9 Å². The molecule has 0 fully saturated rings. The Balaban J connectivity index is 0.000000287. The fourth-order valence-corrected chi connectivity index (χ4v) is 4.88. The Morgan fingerprint density at radius 1 is 0.949 bits per heavy atom. The predicted octanol–water partition coefficient (Wildman–Crippen LogP) is 6.15. The summed E-state index contributed by atoms with van der Waals surface area (Å²) in [5.74, 6) is 0.918. The Hall–Kier alpha value is -3.39. The molecule has 5 rings (SSSR count). The van der Waals surface area contributed by atoms with Crippen molar-refractivity contribution in [1.29, 1.82) is 0 Å². The van der Waals surface area contributed by atoms with Crippen molar-refractivity contribution in [1.82, 2.24) is 4.90 Å². The van der Waals surface area contributed by atoms with Crippen LogP contribution in [0.15, 0.2) is 72.8 Å². The first kappa shape index (κ1) is 28.6. The van der Waals surface area contributed by atoms with Crippen molar-refractivity contribution >= 4 is 27.4 Å². The summed E-state index contributed by atoms with van der Waals surface area (Å²) in [6, 6.07) is 22.7. The molecule has 1 aliphatic rings. The molecule has 1 aliphatic carbocycles. The molecule has 0 bridgehead atoms. The standard InChI is InChI=1S/C23H30NO5.C9H6S/c1-16(24(5)6)29-20-13-9-18(10-14-20)21(25)17-7-11-19(12-8-17)27-15-28-22(26)23(2,3)4;1-2-4-8-6(3-1)7-5-9(7)10-8/h7-14,16,21H,15H2,1-6H3;1-4H,5H2/q-1;. The summed E-state index contributed by atoms with van der Waals surface area (Å²) in [6.45, 7) is 7.13. The van der Waals surface area contributed by atoms with E-state index < -0.39 is 11.5 Å². The highest BCUT2D eigenvalue weighted by atomic mass is 32.1. The van der Waals surface area contributed by atoms with Crippen molar-refractivity contribution in [2.24, 2.45) is 5.41 Å². The van der Waals surface area contributed by atoms with Crippen LogP contribution in [0.3, 0.4) is 0 Å². The number of ether oxygens (including phenoxy) is 3. The molecular formula is C32H36NO5S-. The van der Waals surface area contributed by atoms with Gasteiger partial charge in [-0.2, -0.15) is 0 Å². The third kappa shape index (κ3) is 7.60. The van der Waals surface area contributed by atoms with Crippen LogP contribution in [0.4, 0.5) is 0 Å². The second-order valence-corrected chi connectivity index (χ2v) is 12.0. The lowest BCUT2D eigenvalue weighted by Crippen LogP contribution is -2.30. The molecule has 0 saturated heterocycles. The highest BCUT2D eigenvalue weighted by Crippen LogP contribution is 2.43. The summed E-state index contributed by atoms with van der Waals surface area (Å²) in [7, 11) is 3.88. The number of rotatable bonds is 8. The maximum atomic E-state index is 12.7. The monoisotopic (exact) mass is 546 g/mol. The van der Waals surface area contributed by atoms with Gasteiger partial charge in [0.05, 0.1) is 5.41 Å². The molecule has 7 heteroatoms. The highest BCUT2D eigenvalue weighted by molar-refractivity contribution is 7.20. The Bertz CT molecular complexity index is 1390. The fourth-order valence-electron chi connectivity index (χ4n) is 3.72. The van der Waals surface area contributed by atoms with Gasteiger partial charge < -0.3 is 19.3 Å². The minimum absolute atomic E-state index is 0.0564. The zero-order valence-corrected chi connectivity index (χ0v) is 24.2. The van der Waals surface area contributed by atoms with E-state index >= 15 is 0 Å². The molecule has 4 aromatic rings. The average molecular weight is 547 g/mol. The van der Waals surface area contributed by atoms with E-state index in [9.17, 15) is 9.90 Å². The number of hydrogen-bond acceptors (Lipinski definition) is 7. The molecule has 0 aliphatic heterocycles. The number of nitrogens with zero attached hydrogens (tertiary/aromatic N) is 1. The topological polar surface area (TPSA) is 71.1 Å². The molecule has 0 N–H and O–H groups in total. The summed E-state index contributed by atoms with van der Waals surface area (Å²) in [5.41, 5.74) is 2.30. The van der Waals surface area contributed by atoms with Gasteiger partial charge in [-0.1, -0.05) is 59.7 Å². The van der Waals surface area contributed by atoms with Crippen LogP contribution in [0.5, 0.6) is 11.5 Å². The van der Waals surface area contributed by atoms with Crippen LogP contribution in [0.1, 0.15) is 55.4 Å². The van der Waals surface area contributed by atoms with Crippen LogP contribution >= 0.6 is 11.3 Å². The maximum Gasteiger partial charge on any atom is 0.314 e. The minimum Gasteiger partial charge on any atom is -0.845 e. The number of benzene rings is 3. The lowest BCUT2D eigenvalue weighted by Gasteiger charge is -2.25. The van der Waals surface area contributed by atoms with E-state index in [1.807, 2.05) is 37.3 Å². The second-order valence-electron chi connectivity index (χ2n) is 10.8. The number of hydrogen-bond donors (Lipinski definition) is 0. The van der Waals surface area contributed by atoms with Crippen LogP contribution in [0.2, 0.25) is 0 Å². The van der Waals surface area contributed by atoms with Crippen LogP contribution in [0.25, 0.3) is 10.1 Å². The Kier molecular flexibility index (Phi) is 8.95. The zero-order chi connectivity index (χ0) is 28.2. The van der Waals surface area contributed by atoms with Crippen LogP contribution < -0.4 is 14.6 Å². The molecule has 39 heavy (non-hydrogen) atoms. The van der Waals surface area contributed by atoms with E-state index in [0.29, 0.717) is 16.9 Å². The van der Waals surface area contributed by atoms with Gasteiger partial charge in [0.1, 0.15) is 17.7 Å². The van der Waals surface area contributed by atoms with E-state index in [4.69, 9.17) is 14.2 Å². The molecule has 1 heterocycles. The van der Waals surface area contributed by atoms with Crippen molar-refractivity contribution in [3.05, 3.63) is 94.4 Å². The first-order valence-corrected chi connectivity index (χ1v) is 13.8. The minimum atomic E-state index is -1.01. The number of carbonyl (C=O) groups is 1. The van der Waals surface area contributed by atoms with E-state index in [1.165, 1.54) is 16.5 Å². The van der Waals surface area contributed by atoms with Crippen molar-refractivity contribution in [3.8, 4) is 11.5 Å². The summed E-state index contributed by atoms with van der Waals surface area (Å²) in [6.07, 6.45) is 0.198. The lowest BCUT2D eigenvalue weighted by molar-refractivity contribution is -0.411. The highest BCUT2D eigenvalue weighted by Gasteiger charge is 2.23. The van der Waals surface area contributed by atoms with E-state index in [2.05, 4.69) is 24.3 Å². The zero-order valence-electron chi connectivity index (χ0n) is 23.4. The molecular weight excluding hydrogens is 510 g/mol. The molecule has 0 radical (unpaired) electrons. The lowest BCUT2D eigenvalue weighted by atomic mass is 9.98. The van der Waals surface area contributed by atoms with Crippen LogP contribution in [-0.2, 0) is 16.0 Å². The molecule has 0 spiro atoms. The quantitative estimate of drug-likeness (QED) is 0.172. The third-order valence-corrected chi connectivity index (χ3v) is 7.63. The number of fused-ring (bicyclic) bond motifs is 3. The molecule has 6 nitrogen and oxygen atoms in total. The van der Waals surface area contributed by atoms with Crippen LogP contribution in [-0.4, -0.2) is 38.0 Å². The molecule has 2 atom stereocenters. The largest absolute Gasteiger partial charge is 0.845 e. The first-order chi connectivity index (χ1) is 18.5. The summed E-state index contributed by atoms with van der Waals surface area (Å²) >= 11 is 1.94. The van der Waals surface area contributed by atoms with Gasteiger partial charge in [-0.25, -0.2) is 0 Å². The Morgan fingerprint density at radius 2 is 1.54 bits per heavy atom. The second kappa shape index (κ2) is 12.2. The smallest absolute Gasteiger partial charge is 0.314 e. The van der Waals surface area contributed by atoms with Gasteiger partial charge in [-0.3, -0.25) is 9.69 Å². The summed E-state index contributed by atoms with van der Waals surface area (Å²) < 4.78 is 17.7. The van der Waals surface area contributed by atoms with Gasteiger partial charge >= 0.3 is 5.97 Å².